The molecule has 5 heteroatoms. The van der Waals surface area contributed by atoms with E-state index in [-0.39, 0.29) is 12.6 Å². The number of hydrogen-bond donors (Lipinski definition) is 2. The number of anilines is 1. The van der Waals surface area contributed by atoms with Gasteiger partial charge in [-0.1, -0.05) is 25.4 Å². The summed E-state index contributed by atoms with van der Waals surface area (Å²) in [5, 5.41) is 12.8. The van der Waals surface area contributed by atoms with Crippen LogP contribution in [0.25, 0.3) is 0 Å². The van der Waals surface area contributed by atoms with Crippen LogP contribution in [0.3, 0.4) is 0 Å². The summed E-state index contributed by atoms with van der Waals surface area (Å²) in [5.41, 5.74) is 0.804. The van der Waals surface area contributed by atoms with Crippen molar-refractivity contribution < 1.29 is 5.11 Å². The molecule has 0 radical (unpaired) electrons. The monoisotopic (exact) mass is 229 g/mol. The third-order valence-electron chi connectivity index (χ3n) is 2.35. The molecule has 0 saturated heterocycles. The molecule has 1 aromatic heterocycles. The maximum Gasteiger partial charge on any atom is 0.137 e. The van der Waals surface area contributed by atoms with Crippen LogP contribution in [0.5, 0.6) is 0 Å². The van der Waals surface area contributed by atoms with E-state index in [1.165, 1.54) is 6.33 Å². The van der Waals surface area contributed by atoms with Crippen LogP contribution in [0.4, 0.5) is 5.82 Å². The Kier molecular flexibility index (Phi) is 4.29. The van der Waals surface area contributed by atoms with Gasteiger partial charge in [0.1, 0.15) is 17.3 Å². The molecule has 0 amide bonds. The van der Waals surface area contributed by atoms with Gasteiger partial charge in [0.2, 0.25) is 0 Å². The molecule has 15 heavy (non-hydrogen) atoms. The molecule has 1 atom stereocenters. The molecule has 0 spiro atoms. The van der Waals surface area contributed by atoms with Crippen LogP contribution >= 0.6 is 11.6 Å². The van der Waals surface area contributed by atoms with Crippen molar-refractivity contribution in [2.75, 3.05) is 11.9 Å². The van der Waals surface area contributed by atoms with Gasteiger partial charge in [-0.25, -0.2) is 9.97 Å². The smallest absolute Gasteiger partial charge is 0.137 e. The summed E-state index contributed by atoms with van der Waals surface area (Å²) >= 11 is 5.87. The standard InChI is InChI=1S/C10H16ClN3O/c1-6(2)8(4-15)14-10-7(3)9(11)12-5-13-10/h5-6,8,15H,4H2,1-3H3,(H,12,13,14). The largest absolute Gasteiger partial charge is 0.394 e. The molecule has 0 saturated carbocycles. The van der Waals surface area contributed by atoms with E-state index in [4.69, 9.17) is 11.6 Å². The van der Waals surface area contributed by atoms with Gasteiger partial charge in [0.25, 0.3) is 0 Å². The van der Waals surface area contributed by atoms with E-state index >= 15 is 0 Å². The lowest BCUT2D eigenvalue weighted by atomic mass is 10.1. The summed E-state index contributed by atoms with van der Waals surface area (Å²) in [4.78, 5) is 7.96. The van der Waals surface area contributed by atoms with Gasteiger partial charge in [0.05, 0.1) is 12.6 Å². The fraction of sp³-hybridized carbons (Fsp3) is 0.600. The van der Waals surface area contributed by atoms with Crippen LogP contribution < -0.4 is 5.32 Å². The molecule has 1 rings (SSSR count). The van der Waals surface area contributed by atoms with Crippen LogP contribution in [0.1, 0.15) is 19.4 Å². The Bertz CT molecular complexity index is 330. The summed E-state index contributed by atoms with van der Waals surface area (Å²) in [6, 6.07) is -0.0188. The minimum Gasteiger partial charge on any atom is -0.394 e. The molecule has 4 nitrogen and oxygen atoms in total. The zero-order valence-corrected chi connectivity index (χ0v) is 9.91. The predicted octanol–water partition coefficient (Wildman–Crippen LogP) is 1.87. The molecular formula is C10H16ClN3O. The van der Waals surface area contributed by atoms with Gasteiger partial charge in [-0.2, -0.15) is 0 Å². The van der Waals surface area contributed by atoms with Crippen molar-refractivity contribution >= 4 is 17.4 Å². The molecule has 1 unspecified atom stereocenters. The van der Waals surface area contributed by atoms with E-state index < -0.39 is 0 Å². The predicted molar refractivity (Wildman–Crippen MR) is 61.1 cm³/mol. The third kappa shape index (κ3) is 3.04. The summed E-state index contributed by atoms with van der Waals surface area (Å²) in [7, 11) is 0. The van der Waals surface area contributed by atoms with Crippen molar-refractivity contribution in [1.29, 1.82) is 0 Å². The molecule has 2 N–H and O–H groups in total. The van der Waals surface area contributed by atoms with Crippen LogP contribution in [0.2, 0.25) is 5.15 Å². The van der Waals surface area contributed by atoms with Gasteiger partial charge in [-0.3, -0.25) is 0 Å². The minimum atomic E-state index is -0.0188. The molecule has 0 fully saturated rings. The molecule has 0 aliphatic carbocycles. The maximum atomic E-state index is 9.18. The molecule has 84 valence electrons. The first-order valence-electron chi connectivity index (χ1n) is 4.90. The lowest BCUT2D eigenvalue weighted by molar-refractivity contribution is 0.249. The average molecular weight is 230 g/mol. The van der Waals surface area contributed by atoms with Crippen molar-refractivity contribution in [3.8, 4) is 0 Å². The lowest BCUT2D eigenvalue weighted by Crippen LogP contribution is -2.30. The fourth-order valence-corrected chi connectivity index (χ4v) is 1.31. The Morgan fingerprint density at radius 2 is 2.13 bits per heavy atom. The Morgan fingerprint density at radius 3 is 2.67 bits per heavy atom. The molecule has 0 aliphatic heterocycles. The number of halogens is 1. The summed E-state index contributed by atoms with van der Waals surface area (Å²) < 4.78 is 0. The fourth-order valence-electron chi connectivity index (χ4n) is 1.17. The molecule has 0 aliphatic rings. The molecule has 0 bridgehead atoms. The van der Waals surface area contributed by atoms with Crippen molar-refractivity contribution in [2.45, 2.75) is 26.8 Å². The third-order valence-corrected chi connectivity index (χ3v) is 2.73. The van der Waals surface area contributed by atoms with Gasteiger partial charge in [-0.05, 0) is 12.8 Å². The second kappa shape index (κ2) is 5.28. The molecular weight excluding hydrogens is 214 g/mol. The van der Waals surface area contributed by atoms with Crippen LogP contribution in [-0.4, -0.2) is 27.7 Å². The molecule has 1 heterocycles. The van der Waals surface area contributed by atoms with Gasteiger partial charge in [0.15, 0.2) is 0 Å². The highest BCUT2D eigenvalue weighted by Gasteiger charge is 2.14. The first kappa shape index (κ1) is 12.2. The quantitative estimate of drug-likeness (QED) is 0.774. The van der Waals surface area contributed by atoms with Crippen molar-refractivity contribution in [1.82, 2.24) is 9.97 Å². The summed E-state index contributed by atoms with van der Waals surface area (Å²) in [5.74, 6) is 1.01. The maximum absolute atomic E-state index is 9.18. The van der Waals surface area contributed by atoms with Gasteiger partial charge in [-0.15, -0.1) is 0 Å². The Morgan fingerprint density at radius 1 is 1.47 bits per heavy atom. The number of aromatic nitrogens is 2. The number of nitrogens with zero attached hydrogens (tertiary/aromatic N) is 2. The highest BCUT2D eigenvalue weighted by Crippen LogP contribution is 2.19. The van der Waals surface area contributed by atoms with Gasteiger partial charge in [0, 0.05) is 5.56 Å². The lowest BCUT2D eigenvalue weighted by Gasteiger charge is -2.21. The van der Waals surface area contributed by atoms with E-state index in [9.17, 15) is 5.11 Å². The van der Waals surface area contributed by atoms with Gasteiger partial charge >= 0.3 is 0 Å². The first-order valence-corrected chi connectivity index (χ1v) is 5.28. The topological polar surface area (TPSA) is 58.0 Å². The SMILES string of the molecule is Cc1c(Cl)ncnc1NC(CO)C(C)C. The first-order chi connectivity index (χ1) is 7.06. The highest BCUT2D eigenvalue weighted by atomic mass is 35.5. The number of rotatable bonds is 4. The zero-order chi connectivity index (χ0) is 11.4. The van der Waals surface area contributed by atoms with Crippen LogP contribution in [-0.2, 0) is 0 Å². The zero-order valence-electron chi connectivity index (χ0n) is 9.16. The van der Waals surface area contributed by atoms with Crippen molar-refractivity contribution in [2.24, 2.45) is 5.92 Å². The Balaban J connectivity index is 2.84. The van der Waals surface area contributed by atoms with E-state index in [2.05, 4.69) is 15.3 Å². The van der Waals surface area contributed by atoms with E-state index in [1.54, 1.807) is 0 Å². The van der Waals surface area contributed by atoms with E-state index in [0.717, 1.165) is 5.56 Å². The van der Waals surface area contributed by atoms with Crippen LogP contribution in [0.15, 0.2) is 6.33 Å². The minimum absolute atomic E-state index is 0.0188. The second-order valence-corrected chi connectivity index (χ2v) is 4.17. The Hall–Kier alpha value is -0.870. The van der Waals surface area contributed by atoms with Crippen molar-refractivity contribution in [3.63, 3.8) is 0 Å². The number of aliphatic hydroxyl groups is 1. The van der Waals surface area contributed by atoms with Crippen LogP contribution in [0, 0.1) is 12.8 Å². The highest BCUT2D eigenvalue weighted by molar-refractivity contribution is 6.30. The average Bonchev–Trinajstić information content (AvgIpc) is 2.19. The number of hydrogen-bond acceptors (Lipinski definition) is 4. The number of nitrogens with one attached hydrogen (secondary N) is 1. The molecule has 1 aromatic rings. The number of aliphatic hydroxyl groups excluding tert-OH is 1. The summed E-state index contributed by atoms with van der Waals surface area (Å²) in [6.45, 7) is 5.98. The van der Waals surface area contributed by atoms with E-state index in [1.807, 2.05) is 20.8 Å². The second-order valence-electron chi connectivity index (χ2n) is 3.82. The van der Waals surface area contributed by atoms with Crippen molar-refractivity contribution in [3.05, 3.63) is 17.0 Å². The van der Waals surface area contributed by atoms with E-state index in [0.29, 0.717) is 16.9 Å². The normalized spacial score (nSPS) is 12.9. The molecule has 0 aromatic carbocycles. The summed E-state index contributed by atoms with van der Waals surface area (Å²) in [6.07, 6.45) is 1.41. The van der Waals surface area contributed by atoms with Gasteiger partial charge < -0.3 is 10.4 Å². The Labute approximate surface area is 94.7 Å².